The second-order valence-corrected chi connectivity index (χ2v) is 7.38. The molecule has 2 nitrogen and oxygen atoms in total. The summed E-state index contributed by atoms with van der Waals surface area (Å²) in [6, 6.07) is -0.104. The maximum atomic E-state index is 13.4. The van der Waals surface area contributed by atoms with E-state index in [-0.39, 0.29) is 17.0 Å². The van der Waals surface area contributed by atoms with Gasteiger partial charge in [0.15, 0.2) is 0 Å². The molecule has 0 saturated carbocycles. The van der Waals surface area contributed by atoms with Crippen molar-refractivity contribution in [1.82, 2.24) is 10.2 Å². The zero-order chi connectivity index (χ0) is 14.1. The molecule has 1 heterocycles. The fourth-order valence-corrected chi connectivity index (χ4v) is 3.04. The lowest BCUT2D eigenvalue weighted by molar-refractivity contribution is -0.0504. The molecule has 0 aromatic rings. The Morgan fingerprint density at radius 2 is 1.67 bits per heavy atom. The average molecular weight is 262 g/mol. The largest absolute Gasteiger partial charge is 0.315 e. The Balaban J connectivity index is 3.13. The van der Waals surface area contributed by atoms with Gasteiger partial charge in [-0.1, -0.05) is 20.8 Å². The zero-order valence-corrected chi connectivity index (χ0v) is 12.6. The number of rotatable bonds is 1. The monoisotopic (exact) mass is 262 g/mol. The molecule has 1 rings (SSSR count). The summed E-state index contributed by atoms with van der Waals surface area (Å²) in [5.41, 5.74) is -0.239. The summed E-state index contributed by atoms with van der Waals surface area (Å²) in [5, 5.41) is 3.16. The van der Waals surface area contributed by atoms with Crippen molar-refractivity contribution in [2.24, 2.45) is 11.3 Å². The molecule has 1 saturated heterocycles. The van der Waals surface area contributed by atoms with Crippen LogP contribution in [0, 0.1) is 11.3 Å². The van der Waals surface area contributed by atoms with Crippen LogP contribution in [0.2, 0.25) is 0 Å². The zero-order valence-electron chi connectivity index (χ0n) is 12.6. The van der Waals surface area contributed by atoms with E-state index in [1.54, 1.807) is 0 Å². The molecule has 4 heteroatoms. The van der Waals surface area contributed by atoms with Crippen molar-refractivity contribution in [2.75, 3.05) is 19.6 Å². The molecule has 2 atom stereocenters. The van der Waals surface area contributed by atoms with E-state index in [9.17, 15) is 8.78 Å². The lowest BCUT2D eigenvalue weighted by Crippen LogP contribution is -2.57. The summed E-state index contributed by atoms with van der Waals surface area (Å²) in [6.07, 6.45) is -2.27. The lowest BCUT2D eigenvalue weighted by Gasteiger charge is -2.49. The van der Waals surface area contributed by atoms with E-state index in [2.05, 4.69) is 51.8 Å². The molecule has 18 heavy (non-hydrogen) atoms. The van der Waals surface area contributed by atoms with E-state index in [0.29, 0.717) is 6.54 Å². The van der Waals surface area contributed by atoms with E-state index in [4.69, 9.17) is 0 Å². The van der Waals surface area contributed by atoms with Crippen LogP contribution in [0.5, 0.6) is 0 Å². The van der Waals surface area contributed by atoms with Crippen molar-refractivity contribution in [3.8, 4) is 0 Å². The van der Waals surface area contributed by atoms with Crippen LogP contribution in [0.3, 0.4) is 0 Å². The van der Waals surface area contributed by atoms with Gasteiger partial charge >= 0.3 is 0 Å². The summed E-state index contributed by atoms with van der Waals surface area (Å²) in [4.78, 5) is 2.25. The first kappa shape index (κ1) is 15.8. The third-order valence-corrected chi connectivity index (χ3v) is 3.72. The van der Waals surface area contributed by atoms with E-state index < -0.39 is 12.3 Å². The Bertz CT molecular complexity index is 266. The molecule has 1 aliphatic rings. The Hall–Kier alpha value is -0.220. The van der Waals surface area contributed by atoms with Crippen molar-refractivity contribution in [3.63, 3.8) is 0 Å². The summed E-state index contributed by atoms with van der Waals surface area (Å²) >= 11 is 0. The van der Waals surface area contributed by atoms with Crippen molar-refractivity contribution in [3.05, 3.63) is 0 Å². The van der Waals surface area contributed by atoms with Crippen molar-refractivity contribution in [2.45, 2.75) is 59.5 Å². The standard InChI is InChI=1S/C14H28F2N2/c1-13(2,3)11-10(12(15)16)9-17-7-8-18(11)14(4,5)6/h10-12,17H,7-9H2,1-6H3. The highest BCUT2D eigenvalue weighted by Gasteiger charge is 2.45. The van der Waals surface area contributed by atoms with E-state index in [1.807, 2.05) is 0 Å². The molecule has 1 N–H and O–H groups in total. The maximum absolute atomic E-state index is 13.4. The van der Waals surface area contributed by atoms with Gasteiger partial charge in [0.05, 0.1) is 0 Å². The van der Waals surface area contributed by atoms with Gasteiger partial charge in [-0.05, 0) is 26.2 Å². The number of nitrogens with one attached hydrogen (secondary N) is 1. The van der Waals surface area contributed by atoms with Crippen LogP contribution >= 0.6 is 0 Å². The fraction of sp³-hybridized carbons (Fsp3) is 1.00. The molecule has 0 aliphatic carbocycles. The summed E-state index contributed by atoms with van der Waals surface area (Å²) in [6.45, 7) is 14.6. The van der Waals surface area contributed by atoms with Gasteiger partial charge in [-0.25, -0.2) is 8.78 Å². The Kier molecular flexibility index (Phi) is 4.76. The molecule has 2 unspecified atom stereocenters. The molecule has 0 bridgehead atoms. The Morgan fingerprint density at radius 1 is 1.11 bits per heavy atom. The van der Waals surface area contributed by atoms with Gasteiger partial charge in [-0.2, -0.15) is 0 Å². The highest BCUT2D eigenvalue weighted by atomic mass is 19.3. The lowest BCUT2D eigenvalue weighted by atomic mass is 9.76. The van der Waals surface area contributed by atoms with Crippen LogP contribution in [0.1, 0.15) is 41.5 Å². The number of alkyl halides is 2. The second kappa shape index (κ2) is 5.41. The van der Waals surface area contributed by atoms with Crippen LogP contribution in [-0.2, 0) is 0 Å². The van der Waals surface area contributed by atoms with Crippen LogP contribution in [-0.4, -0.2) is 42.5 Å². The molecular weight excluding hydrogens is 234 g/mol. The third-order valence-electron chi connectivity index (χ3n) is 3.72. The normalized spacial score (nSPS) is 28.5. The molecule has 0 aromatic heterocycles. The first-order valence-electron chi connectivity index (χ1n) is 6.81. The first-order valence-corrected chi connectivity index (χ1v) is 6.81. The highest BCUT2D eigenvalue weighted by Crippen LogP contribution is 2.37. The molecule has 108 valence electrons. The van der Waals surface area contributed by atoms with Crippen LogP contribution < -0.4 is 5.32 Å². The molecule has 0 aromatic carbocycles. The highest BCUT2D eigenvalue weighted by molar-refractivity contribution is 4.97. The summed E-state index contributed by atoms with van der Waals surface area (Å²) < 4.78 is 26.8. The molecule has 0 radical (unpaired) electrons. The van der Waals surface area contributed by atoms with Crippen molar-refractivity contribution >= 4 is 0 Å². The van der Waals surface area contributed by atoms with Gasteiger partial charge < -0.3 is 5.32 Å². The number of hydrogen-bond donors (Lipinski definition) is 1. The predicted molar refractivity (Wildman–Crippen MR) is 72.1 cm³/mol. The smallest absolute Gasteiger partial charge is 0.244 e. The van der Waals surface area contributed by atoms with Crippen LogP contribution in [0.25, 0.3) is 0 Å². The number of hydrogen-bond acceptors (Lipinski definition) is 2. The minimum atomic E-state index is -2.27. The topological polar surface area (TPSA) is 15.3 Å². The van der Waals surface area contributed by atoms with Gasteiger partial charge in [0.1, 0.15) is 0 Å². The van der Waals surface area contributed by atoms with Crippen molar-refractivity contribution < 1.29 is 8.78 Å². The summed E-state index contributed by atoms with van der Waals surface area (Å²) in [7, 11) is 0. The van der Waals surface area contributed by atoms with Gasteiger partial charge in [0, 0.05) is 37.1 Å². The maximum Gasteiger partial charge on any atom is 0.244 e. The Labute approximate surface area is 110 Å². The molecule has 1 aliphatic heterocycles. The Morgan fingerprint density at radius 3 is 2.06 bits per heavy atom. The summed E-state index contributed by atoms with van der Waals surface area (Å²) in [5.74, 6) is -0.605. The third kappa shape index (κ3) is 3.64. The van der Waals surface area contributed by atoms with Gasteiger partial charge in [-0.15, -0.1) is 0 Å². The minimum Gasteiger partial charge on any atom is -0.315 e. The van der Waals surface area contributed by atoms with E-state index in [1.165, 1.54) is 0 Å². The molecular formula is C14H28F2N2. The minimum absolute atomic E-state index is 0.0862. The van der Waals surface area contributed by atoms with E-state index in [0.717, 1.165) is 13.1 Å². The quantitative estimate of drug-likeness (QED) is 0.781. The van der Waals surface area contributed by atoms with Crippen LogP contribution in [0.15, 0.2) is 0 Å². The SMILES string of the molecule is CC(C)(C)C1C(C(F)F)CNCCN1C(C)(C)C. The van der Waals surface area contributed by atoms with E-state index >= 15 is 0 Å². The molecule has 0 amide bonds. The van der Waals surface area contributed by atoms with Gasteiger partial charge in [-0.3, -0.25) is 4.90 Å². The number of nitrogens with zero attached hydrogens (tertiary/aromatic N) is 1. The predicted octanol–water partition coefficient (Wildman–Crippen LogP) is 2.99. The fourth-order valence-electron chi connectivity index (χ4n) is 3.04. The number of halogens is 2. The van der Waals surface area contributed by atoms with Gasteiger partial charge in [0.2, 0.25) is 6.43 Å². The second-order valence-electron chi connectivity index (χ2n) is 7.38. The average Bonchev–Trinajstić information content (AvgIpc) is 2.36. The molecule has 1 fully saturated rings. The molecule has 0 spiro atoms. The van der Waals surface area contributed by atoms with Gasteiger partial charge in [0.25, 0.3) is 0 Å². The van der Waals surface area contributed by atoms with Crippen LogP contribution in [0.4, 0.5) is 8.78 Å². The van der Waals surface area contributed by atoms with Crippen molar-refractivity contribution in [1.29, 1.82) is 0 Å². The first-order chi connectivity index (χ1) is 8.05.